The minimum atomic E-state index is -0.824. The predicted molar refractivity (Wildman–Crippen MR) is 91.0 cm³/mol. The summed E-state index contributed by atoms with van der Waals surface area (Å²) in [6.07, 6.45) is 1.13. The first-order valence-electron chi connectivity index (χ1n) is 7.16. The van der Waals surface area contributed by atoms with Crippen LogP contribution >= 0.6 is 11.8 Å². The fraction of sp³-hybridized carbons (Fsp3) is 0.176. The van der Waals surface area contributed by atoms with Crippen LogP contribution in [0.25, 0.3) is 0 Å². The number of anilines is 2. The number of para-hydroxylation sites is 2. The first-order valence-corrected chi connectivity index (χ1v) is 8.38. The third-order valence-electron chi connectivity index (χ3n) is 3.45. The van der Waals surface area contributed by atoms with E-state index in [9.17, 15) is 9.59 Å². The quantitative estimate of drug-likeness (QED) is 0.846. The molecule has 0 bridgehead atoms. The molecule has 6 heteroatoms. The van der Waals surface area contributed by atoms with Crippen molar-refractivity contribution in [2.75, 3.05) is 16.9 Å². The maximum Gasteiger partial charge on any atom is 0.266 e. The van der Waals surface area contributed by atoms with E-state index in [0.29, 0.717) is 17.1 Å². The average molecular weight is 328 g/mol. The number of ether oxygens (including phenoxy) is 1. The number of carbonyl (C=O) groups is 2. The van der Waals surface area contributed by atoms with Gasteiger partial charge in [0.2, 0.25) is 5.91 Å². The second-order valence-electron chi connectivity index (χ2n) is 5.07. The van der Waals surface area contributed by atoms with Crippen LogP contribution in [0.2, 0.25) is 0 Å². The van der Waals surface area contributed by atoms with E-state index in [1.54, 1.807) is 23.9 Å². The predicted octanol–water partition coefficient (Wildman–Crippen LogP) is 3.14. The van der Waals surface area contributed by atoms with Crippen molar-refractivity contribution in [2.24, 2.45) is 0 Å². The fourth-order valence-corrected chi connectivity index (χ4v) is 2.69. The molecule has 1 heterocycles. The lowest BCUT2D eigenvalue weighted by atomic mass is 10.1. The molecule has 0 aromatic heterocycles. The number of carbonyl (C=O) groups excluding carboxylic acids is 2. The molecule has 0 spiro atoms. The van der Waals surface area contributed by atoms with Crippen molar-refractivity contribution >= 4 is 35.0 Å². The highest BCUT2D eigenvalue weighted by atomic mass is 32.2. The van der Waals surface area contributed by atoms with Gasteiger partial charge in [-0.1, -0.05) is 12.1 Å². The maximum absolute atomic E-state index is 12.1. The summed E-state index contributed by atoms with van der Waals surface area (Å²) >= 11 is 1.63. The Morgan fingerprint density at radius 2 is 1.96 bits per heavy atom. The highest BCUT2D eigenvalue weighted by Gasteiger charge is 2.29. The molecule has 0 fully saturated rings. The summed E-state index contributed by atoms with van der Waals surface area (Å²) in [7, 11) is 0. The fourth-order valence-electron chi connectivity index (χ4n) is 2.28. The number of nitrogens with one attached hydrogen (secondary N) is 2. The molecule has 118 valence electrons. The van der Waals surface area contributed by atoms with Gasteiger partial charge in [0.25, 0.3) is 5.91 Å². The highest BCUT2D eigenvalue weighted by molar-refractivity contribution is 7.98. The zero-order valence-corrected chi connectivity index (χ0v) is 13.4. The lowest BCUT2D eigenvalue weighted by molar-refractivity contribution is -0.128. The van der Waals surface area contributed by atoms with Gasteiger partial charge in [-0.2, -0.15) is 0 Å². The van der Waals surface area contributed by atoms with Crippen LogP contribution in [0, 0.1) is 0 Å². The molecule has 2 aromatic rings. The summed E-state index contributed by atoms with van der Waals surface area (Å²) in [6, 6.07) is 14.7. The Morgan fingerprint density at radius 3 is 2.70 bits per heavy atom. The SMILES string of the molecule is CSc1ccc(NC(=O)C[C@H]2Oc3ccccc3NC2=O)cc1. The van der Waals surface area contributed by atoms with Gasteiger partial charge in [0.1, 0.15) is 5.75 Å². The van der Waals surface area contributed by atoms with Crippen molar-refractivity contribution in [3.05, 3.63) is 48.5 Å². The molecule has 5 nitrogen and oxygen atoms in total. The smallest absolute Gasteiger partial charge is 0.266 e. The maximum atomic E-state index is 12.1. The van der Waals surface area contributed by atoms with E-state index in [1.165, 1.54) is 0 Å². The molecule has 2 aromatic carbocycles. The van der Waals surface area contributed by atoms with Gasteiger partial charge in [0, 0.05) is 10.6 Å². The Bertz CT molecular complexity index is 731. The molecule has 23 heavy (non-hydrogen) atoms. The Hall–Kier alpha value is -2.47. The van der Waals surface area contributed by atoms with Gasteiger partial charge in [-0.3, -0.25) is 9.59 Å². The highest BCUT2D eigenvalue weighted by Crippen LogP contribution is 2.29. The van der Waals surface area contributed by atoms with E-state index in [2.05, 4.69) is 10.6 Å². The largest absolute Gasteiger partial charge is 0.478 e. The molecule has 0 saturated carbocycles. The molecule has 0 radical (unpaired) electrons. The van der Waals surface area contributed by atoms with Crippen molar-refractivity contribution in [3.8, 4) is 5.75 Å². The van der Waals surface area contributed by atoms with Crippen molar-refractivity contribution in [3.63, 3.8) is 0 Å². The number of benzene rings is 2. The lowest BCUT2D eigenvalue weighted by Gasteiger charge is -2.25. The standard InChI is InChI=1S/C17H16N2O3S/c1-23-12-8-6-11(7-9-12)18-16(20)10-15-17(21)19-13-4-2-3-5-14(13)22-15/h2-9,15H,10H2,1H3,(H,18,20)(H,19,21)/t15-/m1/s1. The molecule has 3 rings (SSSR count). The van der Waals surface area contributed by atoms with Crippen LogP contribution in [0.4, 0.5) is 11.4 Å². The zero-order chi connectivity index (χ0) is 16.2. The normalized spacial score (nSPS) is 16.0. The summed E-state index contributed by atoms with van der Waals surface area (Å²) < 4.78 is 5.61. The molecule has 0 saturated heterocycles. The third-order valence-corrected chi connectivity index (χ3v) is 4.19. The summed E-state index contributed by atoms with van der Waals surface area (Å²) in [5, 5.41) is 5.52. The molecule has 1 aliphatic rings. The van der Waals surface area contributed by atoms with Crippen molar-refractivity contribution < 1.29 is 14.3 Å². The van der Waals surface area contributed by atoms with E-state index in [-0.39, 0.29) is 18.2 Å². The van der Waals surface area contributed by atoms with E-state index in [1.807, 2.05) is 42.7 Å². The summed E-state index contributed by atoms with van der Waals surface area (Å²) in [5.74, 6) is 0.00670. The third kappa shape index (κ3) is 3.65. The van der Waals surface area contributed by atoms with Gasteiger partial charge in [0.05, 0.1) is 12.1 Å². The molecular weight excluding hydrogens is 312 g/mol. The van der Waals surface area contributed by atoms with Crippen LogP contribution < -0.4 is 15.4 Å². The molecule has 2 N–H and O–H groups in total. The van der Waals surface area contributed by atoms with Crippen LogP contribution in [0.1, 0.15) is 6.42 Å². The number of hydrogen-bond donors (Lipinski definition) is 2. The number of fused-ring (bicyclic) bond motifs is 1. The van der Waals surface area contributed by atoms with Crippen LogP contribution in [-0.4, -0.2) is 24.2 Å². The van der Waals surface area contributed by atoms with Gasteiger partial charge >= 0.3 is 0 Å². The number of rotatable bonds is 4. The molecule has 0 unspecified atom stereocenters. The summed E-state index contributed by atoms with van der Waals surface area (Å²) in [5.41, 5.74) is 1.33. The number of hydrogen-bond acceptors (Lipinski definition) is 4. The van der Waals surface area contributed by atoms with Gasteiger partial charge in [-0.15, -0.1) is 11.8 Å². The first-order chi connectivity index (χ1) is 11.2. The average Bonchev–Trinajstić information content (AvgIpc) is 2.56. The minimum Gasteiger partial charge on any atom is -0.478 e. The molecule has 1 atom stereocenters. The Labute approximate surface area is 138 Å². The van der Waals surface area contributed by atoms with Crippen LogP contribution in [0.15, 0.2) is 53.4 Å². The van der Waals surface area contributed by atoms with Crippen LogP contribution in [0.3, 0.4) is 0 Å². The number of thioether (sulfide) groups is 1. The van der Waals surface area contributed by atoms with Gasteiger partial charge in [0.15, 0.2) is 6.10 Å². The minimum absolute atomic E-state index is 0.0373. The van der Waals surface area contributed by atoms with Gasteiger partial charge in [-0.25, -0.2) is 0 Å². The second-order valence-corrected chi connectivity index (χ2v) is 5.95. The molecule has 1 aliphatic heterocycles. The Balaban J connectivity index is 1.62. The van der Waals surface area contributed by atoms with Crippen LogP contribution in [0.5, 0.6) is 5.75 Å². The van der Waals surface area contributed by atoms with Crippen molar-refractivity contribution in [1.82, 2.24) is 0 Å². The molecule has 0 aliphatic carbocycles. The number of amides is 2. The van der Waals surface area contributed by atoms with Crippen molar-refractivity contribution in [1.29, 1.82) is 0 Å². The van der Waals surface area contributed by atoms with Gasteiger partial charge < -0.3 is 15.4 Å². The Kier molecular flexibility index (Phi) is 4.52. The first kappa shape index (κ1) is 15.4. The zero-order valence-electron chi connectivity index (χ0n) is 12.5. The Morgan fingerprint density at radius 1 is 1.22 bits per heavy atom. The van der Waals surface area contributed by atoms with E-state index >= 15 is 0 Å². The van der Waals surface area contributed by atoms with E-state index in [0.717, 1.165) is 4.90 Å². The monoisotopic (exact) mass is 328 g/mol. The van der Waals surface area contributed by atoms with Crippen LogP contribution in [-0.2, 0) is 9.59 Å². The topological polar surface area (TPSA) is 67.4 Å². The van der Waals surface area contributed by atoms with Crippen molar-refractivity contribution in [2.45, 2.75) is 17.4 Å². The summed E-state index contributed by atoms with van der Waals surface area (Å²) in [6.45, 7) is 0. The van der Waals surface area contributed by atoms with Gasteiger partial charge in [-0.05, 0) is 42.7 Å². The molecule has 2 amide bonds. The van der Waals surface area contributed by atoms with E-state index < -0.39 is 6.10 Å². The molecular formula is C17H16N2O3S. The van der Waals surface area contributed by atoms with E-state index in [4.69, 9.17) is 4.74 Å². The lowest BCUT2D eigenvalue weighted by Crippen LogP contribution is -2.39. The second kappa shape index (κ2) is 6.75. The summed E-state index contributed by atoms with van der Waals surface area (Å²) in [4.78, 5) is 25.2.